The maximum atomic E-state index is 12.6. The molecule has 0 radical (unpaired) electrons. The van der Waals surface area contributed by atoms with E-state index in [1.165, 1.54) is 5.56 Å². The number of hydrogen-bond acceptors (Lipinski definition) is 6. The molecular weight excluding hydrogens is 396 g/mol. The second-order valence-electron chi connectivity index (χ2n) is 6.77. The third kappa shape index (κ3) is 7.63. The van der Waals surface area contributed by atoms with Crippen molar-refractivity contribution in [2.24, 2.45) is 16.1 Å². The van der Waals surface area contributed by atoms with Gasteiger partial charge < -0.3 is 10.5 Å². The van der Waals surface area contributed by atoms with Crippen molar-refractivity contribution in [3.63, 3.8) is 0 Å². The first kappa shape index (κ1) is 23.7. The fourth-order valence-electron chi connectivity index (χ4n) is 3.01. The molecule has 2 aromatic carbocycles. The van der Waals surface area contributed by atoms with Gasteiger partial charge in [0, 0.05) is 0 Å². The number of hydrogen-bond donors (Lipinski definition) is 4. The Morgan fingerprint density at radius 1 is 1.10 bits per heavy atom. The average Bonchev–Trinajstić information content (AvgIpc) is 2.77. The summed E-state index contributed by atoms with van der Waals surface area (Å²) in [6.45, 7) is 3.95. The highest BCUT2D eigenvalue weighted by Crippen LogP contribution is 2.21. The molecule has 2 rings (SSSR count). The second kappa shape index (κ2) is 12.2. The molecule has 164 valence electrons. The number of esters is 1. The second-order valence-corrected chi connectivity index (χ2v) is 6.77. The maximum absolute atomic E-state index is 12.6. The molecule has 31 heavy (non-hydrogen) atoms. The number of nitrogens with one attached hydrogen (secondary N) is 3. The zero-order valence-corrected chi connectivity index (χ0v) is 17.7. The lowest BCUT2D eigenvalue weighted by Crippen LogP contribution is -2.50. The van der Waals surface area contributed by atoms with Crippen LogP contribution >= 0.6 is 0 Å². The number of carbonyl (C=O) groups is 2. The molecule has 1 atom stereocenters. The molecule has 1 amide bonds. The van der Waals surface area contributed by atoms with Crippen LogP contribution in [0.25, 0.3) is 11.1 Å². The van der Waals surface area contributed by atoms with E-state index < -0.39 is 17.9 Å². The first-order valence-corrected chi connectivity index (χ1v) is 10.0. The summed E-state index contributed by atoms with van der Waals surface area (Å²) in [6, 6.07) is 15.5. The van der Waals surface area contributed by atoms with E-state index in [9.17, 15) is 9.59 Å². The van der Waals surface area contributed by atoms with Crippen molar-refractivity contribution in [1.82, 2.24) is 10.6 Å². The Bertz CT molecular complexity index is 927. The number of nitrogens with zero attached hydrogens (tertiary/aromatic N) is 2. The lowest BCUT2D eigenvalue weighted by Gasteiger charge is -2.18. The quantitative estimate of drug-likeness (QED) is 0.152. The number of amides is 1. The third-order valence-electron chi connectivity index (χ3n) is 4.59. The first-order chi connectivity index (χ1) is 15.0. The fraction of sp³-hybridized carbons (Fsp3) is 0.318. The van der Waals surface area contributed by atoms with Crippen LogP contribution in [0.15, 0.2) is 58.9 Å². The lowest BCUT2D eigenvalue weighted by molar-refractivity contribution is -0.142. The number of rotatable bonds is 10. The van der Waals surface area contributed by atoms with Gasteiger partial charge in [-0.3, -0.25) is 20.2 Å². The van der Waals surface area contributed by atoms with Crippen LogP contribution in [0.5, 0.6) is 0 Å². The van der Waals surface area contributed by atoms with Gasteiger partial charge in [-0.15, -0.1) is 0 Å². The molecular formula is C22H28N6O3. The van der Waals surface area contributed by atoms with Gasteiger partial charge in [0.2, 0.25) is 11.9 Å². The van der Waals surface area contributed by atoms with Crippen LogP contribution in [0.2, 0.25) is 0 Å². The van der Waals surface area contributed by atoms with E-state index >= 15 is 0 Å². The van der Waals surface area contributed by atoms with Gasteiger partial charge in [0.25, 0.3) is 0 Å². The molecule has 9 heteroatoms. The van der Waals surface area contributed by atoms with Crippen LogP contribution in [-0.2, 0) is 27.2 Å². The van der Waals surface area contributed by atoms with E-state index in [0.29, 0.717) is 6.42 Å². The molecule has 9 nitrogen and oxygen atoms in total. The normalized spacial score (nSPS) is 12.1. The van der Waals surface area contributed by atoms with Crippen LogP contribution in [0.4, 0.5) is 0 Å². The number of carbonyl (C=O) groups excluding carboxylic acids is 2. The molecule has 0 aliphatic heterocycles. The zero-order chi connectivity index (χ0) is 22.6. The van der Waals surface area contributed by atoms with Crippen molar-refractivity contribution in [1.29, 1.82) is 5.53 Å². The molecule has 0 aliphatic carbocycles. The summed E-state index contributed by atoms with van der Waals surface area (Å²) < 4.78 is 4.90. The summed E-state index contributed by atoms with van der Waals surface area (Å²) in [7, 11) is 0. The van der Waals surface area contributed by atoms with Gasteiger partial charge in [0.15, 0.2) is 0 Å². The van der Waals surface area contributed by atoms with Crippen LogP contribution < -0.4 is 16.4 Å². The highest BCUT2D eigenvalue weighted by atomic mass is 16.5. The molecule has 2 aromatic rings. The van der Waals surface area contributed by atoms with Crippen LogP contribution in [0.1, 0.15) is 25.0 Å². The van der Waals surface area contributed by atoms with Crippen molar-refractivity contribution >= 4 is 17.8 Å². The molecule has 0 saturated carbocycles. The maximum Gasteiger partial charge on any atom is 0.319 e. The van der Waals surface area contributed by atoms with E-state index in [1.807, 2.05) is 30.3 Å². The lowest BCUT2D eigenvalue weighted by atomic mass is 9.98. The zero-order valence-electron chi connectivity index (χ0n) is 17.7. The van der Waals surface area contributed by atoms with E-state index in [4.69, 9.17) is 16.0 Å². The molecule has 0 saturated heterocycles. The molecule has 0 fully saturated rings. The minimum Gasteiger partial charge on any atom is -0.465 e. The number of aryl methyl sites for hydroxylation is 1. The van der Waals surface area contributed by atoms with Crippen molar-refractivity contribution in [3.05, 3.63) is 59.7 Å². The standard InChI is InChI=1S/C22H28N6O3/c1-3-15-6-5-7-18(12-15)17-10-8-16(9-11-17)13-19(25-14-20(29)31-4-2)21(30)26-22(23)27-28-24/h5-12,19,25H,3-4,13-14H2,1-2H3,(H4,23,24,26,27,30). The third-order valence-corrected chi connectivity index (χ3v) is 4.59. The smallest absolute Gasteiger partial charge is 0.319 e. The van der Waals surface area contributed by atoms with Crippen molar-refractivity contribution < 1.29 is 14.3 Å². The predicted molar refractivity (Wildman–Crippen MR) is 118 cm³/mol. The molecule has 0 bridgehead atoms. The van der Waals surface area contributed by atoms with Crippen molar-refractivity contribution in [3.8, 4) is 11.1 Å². The molecule has 5 N–H and O–H groups in total. The molecule has 0 aromatic heterocycles. The summed E-state index contributed by atoms with van der Waals surface area (Å²) >= 11 is 0. The Kier molecular flexibility index (Phi) is 9.31. The van der Waals surface area contributed by atoms with Crippen LogP contribution in [-0.4, -0.2) is 37.0 Å². The molecule has 0 aliphatic rings. The van der Waals surface area contributed by atoms with Crippen molar-refractivity contribution in [2.75, 3.05) is 13.2 Å². The average molecular weight is 425 g/mol. The molecule has 1 unspecified atom stereocenters. The minimum atomic E-state index is -0.766. The Hall–Kier alpha value is -3.59. The minimum absolute atomic E-state index is 0.131. The molecule has 0 heterocycles. The summed E-state index contributed by atoms with van der Waals surface area (Å²) in [5.74, 6) is -1.25. The topological polar surface area (TPSA) is 142 Å². The van der Waals surface area contributed by atoms with Gasteiger partial charge in [-0.05, 0) is 47.2 Å². The van der Waals surface area contributed by atoms with Crippen LogP contribution in [0.3, 0.4) is 0 Å². The Morgan fingerprint density at radius 3 is 2.48 bits per heavy atom. The predicted octanol–water partition coefficient (Wildman–Crippen LogP) is 2.36. The number of nitrogens with two attached hydrogens (primary N) is 1. The van der Waals surface area contributed by atoms with Gasteiger partial charge >= 0.3 is 5.97 Å². The largest absolute Gasteiger partial charge is 0.465 e. The highest BCUT2D eigenvalue weighted by molar-refractivity contribution is 5.98. The Balaban J connectivity index is 2.14. The van der Waals surface area contributed by atoms with E-state index in [0.717, 1.165) is 23.1 Å². The van der Waals surface area contributed by atoms with Crippen molar-refractivity contribution in [2.45, 2.75) is 32.7 Å². The number of ether oxygens (including phenoxy) is 1. The Labute approximate surface area is 181 Å². The van der Waals surface area contributed by atoms with Gasteiger partial charge in [-0.25, -0.2) is 0 Å². The highest BCUT2D eigenvalue weighted by Gasteiger charge is 2.21. The monoisotopic (exact) mass is 424 g/mol. The van der Waals surface area contributed by atoms with Gasteiger partial charge in [0.1, 0.15) is 0 Å². The van der Waals surface area contributed by atoms with Crippen LogP contribution in [0, 0.1) is 5.53 Å². The summed E-state index contributed by atoms with van der Waals surface area (Å²) in [5.41, 5.74) is 16.6. The summed E-state index contributed by atoms with van der Waals surface area (Å²) in [6.07, 6.45) is 1.28. The molecule has 0 spiro atoms. The SMILES string of the molecule is CCOC(=O)CNC(Cc1ccc(-c2cccc(CC)c2)cc1)C(=O)NC(N)=NN=N. The first-order valence-electron chi connectivity index (χ1n) is 10.0. The number of guanidine groups is 1. The van der Waals surface area contributed by atoms with E-state index in [2.05, 4.69) is 46.1 Å². The van der Waals surface area contributed by atoms with Gasteiger partial charge in [-0.1, -0.05) is 60.6 Å². The summed E-state index contributed by atoms with van der Waals surface area (Å²) in [5, 5.41) is 11.3. The fourth-order valence-corrected chi connectivity index (χ4v) is 3.01. The summed E-state index contributed by atoms with van der Waals surface area (Å²) in [4.78, 5) is 24.3. The Morgan fingerprint density at radius 2 is 1.84 bits per heavy atom. The van der Waals surface area contributed by atoms with Gasteiger partial charge in [-0.2, -0.15) is 5.53 Å². The van der Waals surface area contributed by atoms with E-state index in [1.54, 1.807) is 6.92 Å². The van der Waals surface area contributed by atoms with E-state index in [-0.39, 0.29) is 19.1 Å². The number of benzene rings is 2. The van der Waals surface area contributed by atoms with Gasteiger partial charge in [0.05, 0.1) is 19.2 Å².